The predicted molar refractivity (Wildman–Crippen MR) is 120 cm³/mol. The van der Waals surface area contributed by atoms with Gasteiger partial charge in [0.05, 0.1) is 35.8 Å². The number of hydrogen-bond donors (Lipinski definition) is 2. The number of hydrogen-bond acceptors (Lipinski definition) is 7. The SMILES string of the molecule is CCOC(=O)NC(=O)c1ccsc1NC(=O)c1cn2c(-c3ccc(C(F)(F)F)cc3)cnc2cn1. The van der Waals surface area contributed by atoms with Gasteiger partial charge in [-0.05, 0) is 30.5 Å². The van der Waals surface area contributed by atoms with Crippen molar-refractivity contribution in [3.05, 3.63) is 71.1 Å². The van der Waals surface area contributed by atoms with E-state index in [1.165, 1.54) is 41.2 Å². The van der Waals surface area contributed by atoms with Crippen LogP contribution < -0.4 is 10.6 Å². The van der Waals surface area contributed by atoms with Crippen LogP contribution in [0.15, 0.2) is 54.3 Å². The topological polar surface area (TPSA) is 115 Å². The van der Waals surface area contributed by atoms with Crippen molar-refractivity contribution in [2.75, 3.05) is 11.9 Å². The number of imide groups is 1. The van der Waals surface area contributed by atoms with E-state index < -0.39 is 29.6 Å². The zero-order chi connectivity index (χ0) is 25.2. The summed E-state index contributed by atoms with van der Waals surface area (Å²) in [6.07, 6.45) is -1.19. The van der Waals surface area contributed by atoms with Crippen molar-refractivity contribution in [1.82, 2.24) is 19.7 Å². The number of thiophene rings is 1. The zero-order valence-electron chi connectivity index (χ0n) is 17.9. The monoisotopic (exact) mass is 503 g/mol. The number of alkyl halides is 3. The number of fused-ring (bicyclic) bond motifs is 1. The molecular weight excluding hydrogens is 487 g/mol. The number of ether oxygens (including phenoxy) is 1. The van der Waals surface area contributed by atoms with Gasteiger partial charge in [0.15, 0.2) is 5.65 Å². The number of aromatic nitrogens is 3. The molecule has 0 aliphatic rings. The lowest BCUT2D eigenvalue weighted by Gasteiger charge is -2.09. The molecule has 0 atom stereocenters. The largest absolute Gasteiger partial charge is 0.450 e. The molecule has 0 aliphatic heterocycles. The van der Waals surface area contributed by atoms with Gasteiger partial charge in [-0.1, -0.05) is 12.1 Å². The molecule has 2 N–H and O–H groups in total. The van der Waals surface area contributed by atoms with Crippen LogP contribution in [0.3, 0.4) is 0 Å². The van der Waals surface area contributed by atoms with E-state index in [0.29, 0.717) is 16.9 Å². The Balaban J connectivity index is 1.57. The first kappa shape index (κ1) is 23.9. The van der Waals surface area contributed by atoms with Crippen LogP contribution in [0.2, 0.25) is 0 Å². The summed E-state index contributed by atoms with van der Waals surface area (Å²) in [7, 11) is 0. The minimum absolute atomic E-state index is 0.0335. The maximum Gasteiger partial charge on any atom is 0.416 e. The molecule has 0 unspecified atom stereocenters. The lowest BCUT2D eigenvalue weighted by atomic mass is 10.1. The molecule has 0 radical (unpaired) electrons. The highest BCUT2D eigenvalue weighted by Crippen LogP contribution is 2.31. The number of alkyl carbamates (subject to hydrolysis) is 1. The van der Waals surface area contributed by atoms with Crippen LogP contribution in [0.5, 0.6) is 0 Å². The molecule has 0 saturated carbocycles. The minimum atomic E-state index is -4.46. The van der Waals surface area contributed by atoms with E-state index >= 15 is 0 Å². The Morgan fingerprint density at radius 3 is 2.49 bits per heavy atom. The number of anilines is 1. The third kappa shape index (κ3) is 5.14. The zero-order valence-corrected chi connectivity index (χ0v) is 18.7. The number of rotatable bonds is 5. The summed E-state index contributed by atoms with van der Waals surface area (Å²) in [6, 6.07) is 5.98. The van der Waals surface area contributed by atoms with E-state index in [4.69, 9.17) is 0 Å². The molecule has 4 aromatic rings. The van der Waals surface area contributed by atoms with Gasteiger partial charge in [-0.2, -0.15) is 13.2 Å². The molecule has 35 heavy (non-hydrogen) atoms. The van der Waals surface area contributed by atoms with Crippen LogP contribution in [0.4, 0.5) is 23.0 Å². The highest BCUT2D eigenvalue weighted by atomic mass is 32.1. The molecule has 0 fully saturated rings. The van der Waals surface area contributed by atoms with E-state index in [1.54, 1.807) is 12.3 Å². The van der Waals surface area contributed by atoms with Crippen LogP contribution >= 0.6 is 11.3 Å². The van der Waals surface area contributed by atoms with Crippen molar-refractivity contribution in [2.24, 2.45) is 0 Å². The summed E-state index contributed by atoms with van der Waals surface area (Å²) in [6.45, 7) is 1.68. The van der Waals surface area contributed by atoms with Crippen molar-refractivity contribution in [3.63, 3.8) is 0 Å². The summed E-state index contributed by atoms with van der Waals surface area (Å²) in [5.74, 6) is -1.39. The van der Waals surface area contributed by atoms with Gasteiger partial charge in [0.1, 0.15) is 10.7 Å². The first-order chi connectivity index (χ1) is 16.7. The smallest absolute Gasteiger partial charge is 0.416 e. The third-order valence-electron chi connectivity index (χ3n) is 4.76. The van der Waals surface area contributed by atoms with Gasteiger partial charge in [-0.15, -0.1) is 11.3 Å². The Morgan fingerprint density at radius 2 is 1.80 bits per heavy atom. The van der Waals surface area contributed by atoms with Crippen LogP contribution in [0, 0.1) is 0 Å². The van der Waals surface area contributed by atoms with Crippen LogP contribution in [0.1, 0.15) is 33.3 Å². The molecule has 0 bridgehead atoms. The summed E-state index contributed by atoms with van der Waals surface area (Å²) >= 11 is 1.07. The van der Waals surface area contributed by atoms with Gasteiger partial charge in [-0.3, -0.25) is 19.3 Å². The number of carbonyl (C=O) groups excluding carboxylic acids is 3. The Labute approximate surface area is 199 Å². The van der Waals surface area contributed by atoms with Gasteiger partial charge < -0.3 is 10.1 Å². The number of imidazole rings is 1. The molecule has 13 heteroatoms. The van der Waals surface area contributed by atoms with Gasteiger partial charge in [0.2, 0.25) is 0 Å². The number of nitrogens with zero attached hydrogens (tertiary/aromatic N) is 3. The quantitative estimate of drug-likeness (QED) is 0.411. The van der Waals surface area contributed by atoms with Crippen molar-refractivity contribution in [3.8, 4) is 11.3 Å². The maximum atomic E-state index is 12.9. The van der Waals surface area contributed by atoms with Crippen molar-refractivity contribution < 1.29 is 32.3 Å². The normalized spacial score (nSPS) is 11.3. The van der Waals surface area contributed by atoms with Crippen molar-refractivity contribution in [1.29, 1.82) is 0 Å². The second kappa shape index (κ2) is 9.54. The first-order valence-corrected chi connectivity index (χ1v) is 10.9. The number of carbonyl (C=O) groups is 3. The molecule has 1 aromatic carbocycles. The average molecular weight is 503 g/mol. The minimum Gasteiger partial charge on any atom is -0.450 e. The number of amides is 3. The van der Waals surface area contributed by atoms with Crippen LogP contribution in [0.25, 0.3) is 16.9 Å². The molecule has 3 aromatic heterocycles. The van der Waals surface area contributed by atoms with E-state index in [0.717, 1.165) is 23.5 Å². The third-order valence-corrected chi connectivity index (χ3v) is 5.59. The molecule has 4 rings (SSSR count). The Hall–Kier alpha value is -4.26. The van der Waals surface area contributed by atoms with Crippen LogP contribution in [-0.2, 0) is 10.9 Å². The Morgan fingerprint density at radius 1 is 1.06 bits per heavy atom. The van der Waals surface area contributed by atoms with Crippen molar-refractivity contribution >= 4 is 39.9 Å². The lowest BCUT2D eigenvalue weighted by molar-refractivity contribution is -0.137. The Bertz CT molecular complexity index is 1410. The summed E-state index contributed by atoms with van der Waals surface area (Å²) in [5, 5.41) is 6.38. The first-order valence-electron chi connectivity index (χ1n) is 10.0. The standard InChI is InChI=1S/C22H16F3N5O4S/c1-2-34-21(33)29-18(31)14-7-8-35-20(14)28-19(32)15-11-30-16(9-27-17(30)10-26-15)12-3-5-13(6-4-12)22(23,24)25/h3-11H,2H2,1H3,(H,28,32)(H,29,31,33). The van der Waals surface area contributed by atoms with Gasteiger partial charge in [0.25, 0.3) is 11.8 Å². The lowest BCUT2D eigenvalue weighted by Crippen LogP contribution is -2.31. The second-order valence-corrected chi connectivity index (χ2v) is 7.93. The highest BCUT2D eigenvalue weighted by Gasteiger charge is 2.30. The molecular formula is C22H16F3N5O4S. The fourth-order valence-electron chi connectivity index (χ4n) is 3.13. The predicted octanol–water partition coefficient (Wildman–Crippen LogP) is 4.62. The summed E-state index contributed by atoms with van der Waals surface area (Å²) < 4.78 is 44.8. The highest BCUT2D eigenvalue weighted by molar-refractivity contribution is 7.14. The fourth-order valence-corrected chi connectivity index (χ4v) is 3.91. The molecule has 3 heterocycles. The van der Waals surface area contributed by atoms with Crippen molar-refractivity contribution in [2.45, 2.75) is 13.1 Å². The average Bonchev–Trinajstić information content (AvgIpc) is 3.45. The summed E-state index contributed by atoms with van der Waals surface area (Å²) in [4.78, 5) is 44.9. The number of nitrogens with one attached hydrogen (secondary N) is 2. The van der Waals surface area contributed by atoms with Gasteiger partial charge in [-0.25, -0.2) is 14.8 Å². The molecule has 180 valence electrons. The summed E-state index contributed by atoms with van der Waals surface area (Å²) in [5.41, 5.74) is 0.534. The van der Waals surface area contributed by atoms with E-state index in [2.05, 4.69) is 25.3 Å². The van der Waals surface area contributed by atoms with Crippen LogP contribution in [-0.4, -0.2) is 38.9 Å². The van der Waals surface area contributed by atoms with Gasteiger partial charge >= 0.3 is 12.3 Å². The second-order valence-electron chi connectivity index (χ2n) is 7.01. The number of halogens is 3. The van der Waals surface area contributed by atoms with Gasteiger partial charge in [0, 0.05) is 11.8 Å². The Kier molecular flexibility index (Phi) is 6.51. The van der Waals surface area contributed by atoms with E-state index in [9.17, 15) is 27.6 Å². The van der Waals surface area contributed by atoms with E-state index in [1.807, 2.05) is 0 Å². The molecule has 0 aliphatic carbocycles. The molecule has 0 spiro atoms. The van der Waals surface area contributed by atoms with E-state index in [-0.39, 0.29) is 22.9 Å². The molecule has 9 nitrogen and oxygen atoms in total. The number of benzene rings is 1. The molecule has 0 saturated heterocycles. The fraction of sp³-hybridized carbons (Fsp3) is 0.136. The maximum absolute atomic E-state index is 12.9. The molecule has 3 amide bonds.